The topological polar surface area (TPSA) is 89.6 Å². The van der Waals surface area contributed by atoms with Crippen LogP contribution in [0, 0.1) is 0 Å². The van der Waals surface area contributed by atoms with Gasteiger partial charge in [0, 0.05) is 49.3 Å². The molecule has 11 heteroatoms. The molecule has 2 heterocycles. The quantitative estimate of drug-likeness (QED) is 0.471. The lowest BCUT2D eigenvalue weighted by Gasteiger charge is -2.32. The number of benzene rings is 1. The van der Waals surface area contributed by atoms with Gasteiger partial charge in [-0.1, -0.05) is 18.2 Å². The minimum Gasteiger partial charge on any atom is -0.361 e. The Hall–Kier alpha value is -2.27. The lowest BCUT2D eigenvalue weighted by atomic mass is 10.1. The molecule has 1 saturated heterocycles. The minimum absolute atomic E-state index is 0.143. The molecule has 1 fully saturated rings. The number of para-hydroxylation sites is 1. The first kappa shape index (κ1) is 22.4. The number of nitrogens with zero attached hydrogens (tertiary/aromatic N) is 2. The van der Waals surface area contributed by atoms with E-state index < -0.39 is 15.5 Å². The molecule has 1 aromatic heterocycles. The summed E-state index contributed by atoms with van der Waals surface area (Å²) in [6, 6.07) is 7.88. The third-order valence-electron chi connectivity index (χ3n) is 5.10. The number of H-pyrrole nitrogens is 1. The third-order valence-corrected chi connectivity index (χ3v) is 6.73. The Bertz CT molecular complexity index is 979. The van der Waals surface area contributed by atoms with Gasteiger partial charge in [0.05, 0.1) is 0 Å². The largest absolute Gasteiger partial charge is 0.511 e. The van der Waals surface area contributed by atoms with Gasteiger partial charge in [0.1, 0.15) is 0 Å². The van der Waals surface area contributed by atoms with Crippen LogP contribution in [0.5, 0.6) is 0 Å². The van der Waals surface area contributed by atoms with Crippen LogP contribution in [-0.4, -0.2) is 61.4 Å². The molecule has 1 aliphatic heterocycles. The number of hydrogen-bond donors (Lipinski definition) is 3. The van der Waals surface area contributed by atoms with E-state index in [2.05, 4.69) is 26.7 Å². The predicted molar refractivity (Wildman–Crippen MR) is 111 cm³/mol. The average molecular weight is 446 g/mol. The number of aromatic amines is 1. The Morgan fingerprint density at radius 1 is 1.27 bits per heavy atom. The van der Waals surface area contributed by atoms with Crippen LogP contribution in [-0.2, 0) is 16.4 Å². The number of sulfonamides is 1. The van der Waals surface area contributed by atoms with Gasteiger partial charge >= 0.3 is 15.5 Å². The van der Waals surface area contributed by atoms with E-state index in [-0.39, 0.29) is 32.0 Å². The van der Waals surface area contributed by atoms with Gasteiger partial charge in [-0.05, 0) is 37.8 Å². The number of guanidine groups is 1. The fourth-order valence-corrected chi connectivity index (χ4v) is 4.51. The van der Waals surface area contributed by atoms with Gasteiger partial charge in [0.15, 0.2) is 5.96 Å². The number of halogens is 3. The predicted octanol–water partition coefficient (Wildman–Crippen LogP) is 2.58. The molecule has 0 radical (unpaired) electrons. The highest BCUT2D eigenvalue weighted by Crippen LogP contribution is 2.29. The van der Waals surface area contributed by atoms with Crippen molar-refractivity contribution in [2.24, 2.45) is 4.99 Å². The van der Waals surface area contributed by atoms with Gasteiger partial charge in [-0.2, -0.15) is 17.5 Å². The zero-order chi connectivity index (χ0) is 21.8. The number of fused-ring (bicyclic) bond motifs is 1. The van der Waals surface area contributed by atoms with E-state index in [1.807, 2.05) is 31.3 Å². The summed E-state index contributed by atoms with van der Waals surface area (Å²) in [5.74, 6) is 0.578. The van der Waals surface area contributed by atoms with Gasteiger partial charge in [-0.15, -0.1) is 0 Å². The molecule has 0 saturated carbocycles. The monoisotopic (exact) mass is 445 g/mol. The summed E-state index contributed by atoms with van der Waals surface area (Å²) in [6.07, 6.45) is 3.27. The Kier molecular flexibility index (Phi) is 6.91. The number of rotatable bonds is 6. The van der Waals surface area contributed by atoms with Crippen molar-refractivity contribution in [3.63, 3.8) is 0 Å². The summed E-state index contributed by atoms with van der Waals surface area (Å²) in [6.45, 7) is 2.76. The molecular weight excluding hydrogens is 419 g/mol. The lowest BCUT2D eigenvalue weighted by molar-refractivity contribution is -0.0494. The van der Waals surface area contributed by atoms with Crippen molar-refractivity contribution in [1.82, 2.24) is 19.9 Å². The summed E-state index contributed by atoms with van der Waals surface area (Å²) in [5, 5.41) is 7.50. The van der Waals surface area contributed by atoms with Gasteiger partial charge in [0.25, 0.3) is 0 Å². The highest BCUT2D eigenvalue weighted by molar-refractivity contribution is 7.90. The maximum absolute atomic E-state index is 12.7. The van der Waals surface area contributed by atoms with E-state index in [9.17, 15) is 21.6 Å². The maximum Gasteiger partial charge on any atom is 0.511 e. The lowest BCUT2D eigenvalue weighted by Crippen LogP contribution is -2.51. The number of alkyl halides is 3. The summed E-state index contributed by atoms with van der Waals surface area (Å²) >= 11 is 0. The smallest absolute Gasteiger partial charge is 0.361 e. The van der Waals surface area contributed by atoms with Crippen LogP contribution in [0.2, 0.25) is 0 Å². The molecule has 0 amide bonds. The second kappa shape index (κ2) is 9.25. The van der Waals surface area contributed by atoms with Crippen molar-refractivity contribution >= 4 is 26.9 Å². The van der Waals surface area contributed by atoms with Crippen LogP contribution in [0.15, 0.2) is 35.5 Å². The van der Waals surface area contributed by atoms with E-state index in [0.29, 0.717) is 23.4 Å². The second-order valence-electron chi connectivity index (χ2n) is 7.14. The number of aromatic nitrogens is 1. The SMILES string of the molecule is CCNC(=NCCc1c[nH]c2ccccc12)NC1CCN(S(=O)(=O)C(F)(F)F)CC1. The van der Waals surface area contributed by atoms with Crippen molar-refractivity contribution in [2.75, 3.05) is 26.2 Å². The minimum atomic E-state index is -5.26. The summed E-state index contributed by atoms with van der Waals surface area (Å²) < 4.78 is 61.7. The fraction of sp³-hybridized carbons (Fsp3) is 0.526. The Labute approximate surface area is 173 Å². The molecule has 30 heavy (non-hydrogen) atoms. The first-order valence-corrected chi connectivity index (χ1v) is 11.3. The van der Waals surface area contributed by atoms with Crippen molar-refractivity contribution in [1.29, 1.82) is 0 Å². The molecule has 0 atom stereocenters. The van der Waals surface area contributed by atoms with Crippen LogP contribution in [0.1, 0.15) is 25.3 Å². The average Bonchev–Trinajstić information content (AvgIpc) is 3.11. The van der Waals surface area contributed by atoms with Crippen molar-refractivity contribution < 1.29 is 21.6 Å². The molecule has 2 aromatic rings. The number of aliphatic imine (C=N–C) groups is 1. The number of piperidine rings is 1. The summed E-state index contributed by atoms with van der Waals surface area (Å²) in [7, 11) is -5.26. The van der Waals surface area contributed by atoms with Gasteiger partial charge in [-0.3, -0.25) is 4.99 Å². The van der Waals surface area contributed by atoms with Crippen molar-refractivity contribution in [2.45, 2.75) is 37.7 Å². The number of nitrogens with one attached hydrogen (secondary N) is 3. The second-order valence-corrected chi connectivity index (χ2v) is 9.07. The van der Waals surface area contributed by atoms with Crippen LogP contribution in [0.4, 0.5) is 13.2 Å². The molecule has 166 valence electrons. The van der Waals surface area contributed by atoms with Crippen LogP contribution < -0.4 is 10.6 Å². The highest BCUT2D eigenvalue weighted by Gasteiger charge is 2.50. The Balaban J connectivity index is 1.56. The standard InChI is InChI=1S/C19H26F3N5O2S/c1-2-23-18(24-10-7-14-13-25-17-6-4-3-5-16(14)17)26-15-8-11-27(12-9-15)30(28,29)19(20,21)22/h3-6,13,15,25H,2,7-12H2,1H3,(H2,23,24,26). The first-order chi connectivity index (χ1) is 14.2. The molecule has 7 nitrogen and oxygen atoms in total. The summed E-state index contributed by atoms with van der Waals surface area (Å²) in [4.78, 5) is 7.80. The van der Waals surface area contributed by atoms with Crippen molar-refractivity contribution in [3.05, 3.63) is 36.0 Å². The number of hydrogen-bond acceptors (Lipinski definition) is 3. The Morgan fingerprint density at radius 3 is 2.63 bits per heavy atom. The highest BCUT2D eigenvalue weighted by atomic mass is 32.2. The first-order valence-electron chi connectivity index (χ1n) is 9.88. The normalized spacial score (nSPS) is 17.4. The molecule has 3 rings (SSSR count). The van der Waals surface area contributed by atoms with E-state index >= 15 is 0 Å². The van der Waals surface area contributed by atoms with Crippen molar-refractivity contribution in [3.8, 4) is 0 Å². The van der Waals surface area contributed by atoms with Crippen LogP contribution in [0.25, 0.3) is 10.9 Å². The summed E-state index contributed by atoms with van der Waals surface area (Å²) in [5.41, 5.74) is -3.02. The van der Waals surface area contributed by atoms with Crippen LogP contribution >= 0.6 is 0 Å². The van der Waals surface area contributed by atoms with E-state index in [1.165, 1.54) is 0 Å². The molecule has 0 bridgehead atoms. The van der Waals surface area contributed by atoms with Crippen LogP contribution in [0.3, 0.4) is 0 Å². The molecule has 0 aliphatic carbocycles. The third kappa shape index (κ3) is 5.07. The van der Waals surface area contributed by atoms with E-state index in [1.54, 1.807) is 0 Å². The zero-order valence-electron chi connectivity index (χ0n) is 16.7. The molecule has 0 unspecified atom stereocenters. The van der Waals surface area contributed by atoms with E-state index in [4.69, 9.17) is 0 Å². The molecule has 1 aromatic carbocycles. The van der Waals surface area contributed by atoms with E-state index in [0.717, 1.165) is 22.9 Å². The van der Waals surface area contributed by atoms with Gasteiger partial charge < -0.3 is 15.6 Å². The molecule has 3 N–H and O–H groups in total. The zero-order valence-corrected chi connectivity index (χ0v) is 17.5. The Morgan fingerprint density at radius 2 is 1.97 bits per heavy atom. The molecule has 1 aliphatic rings. The van der Waals surface area contributed by atoms with Gasteiger partial charge in [-0.25, -0.2) is 8.42 Å². The van der Waals surface area contributed by atoms with Gasteiger partial charge in [0.2, 0.25) is 0 Å². The fourth-order valence-electron chi connectivity index (χ4n) is 3.53. The molecule has 0 spiro atoms. The molecular formula is C19H26F3N5O2S. The maximum atomic E-state index is 12.7.